The van der Waals surface area contributed by atoms with Crippen LogP contribution < -0.4 is 4.72 Å². The molecule has 1 aliphatic rings. The molecule has 0 spiro atoms. The number of aliphatic carboxylic acids is 1. The molecule has 0 radical (unpaired) electrons. The number of rotatable bonds is 6. The summed E-state index contributed by atoms with van der Waals surface area (Å²) in [6.07, 6.45) is -0.697. The molecule has 1 aromatic carbocycles. The highest BCUT2D eigenvalue weighted by atomic mass is 32.2. The van der Waals surface area contributed by atoms with Gasteiger partial charge in [-0.1, -0.05) is 6.92 Å². The number of benzene rings is 1. The van der Waals surface area contributed by atoms with E-state index in [9.17, 15) is 18.0 Å². The van der Waals surface area contributed by atoms with Gasteiger partial charge in [0.05, 0.1) is 24.0 Å². The van der Waals surface area contributed by atoms with Gasteiger partial charge in [-0.3, -0.25) is 9.59 Å². The van der Waals surface area contributed by atoms with Crippen molar-refractivity contribution in [2.75, 3.05) is 26.2 Å². The fourth-order valence-electron chi connectivity index (χ4n) is 2.45. The second-order valence-electron chi connectivity index (χ2n) is 5.37. The largest absolute Gasteiger partial charge is 0.481 e. The number of carboxylic acid groups (broad SMARTS) is 1. The van der Waals surface area contributed by atoms with Crippen LogP contribution in [0.15, 0.2) is 29.2 Å². The van der Waals surface area contributed by atoms with Crippen molar-refractivity contribution in [2.45, 2.75) is 24.3 Å². The van der Waals surface area contributed by atoms with Gasteiger partial charge in [-0.15, -0.1) is 0 Å². The van der Waals surface area contributed by atoms with Gasteiger partial charge in [0.2, 0.25) is 10.0 Å². The van der Waals surface area contributed by atoms with Gasteiger partial charge in [-0.05, 0) is 24.3 Å². The molecule has 24 heavy (non-hydrogen) atoms. The SMILES string of the molecule is CCNS(=O)(=O)c1ccc(C(=O)N2CCOC(CC(=O)O)C2)cc1. The van der Waals surface area contributed by atoms with Crippen LogP contribution in [-0.4, -0.2) is 62.6 Å². The molecule has 9 heteroatoms. The third-order valence-corrected chi connectivity index (χ3v) is 5.14. The summed E-state index contributed by atoms with van der Waals surface area (Å²) in [6, 6.07) is 5.66. The van der Waals surface area contributed by atoms with Gasteiger partial charge in [0.1, 0.15) is 0 Å². The van der Waals surface area contributed by atoms with E-state index in [2.05, 4.69) is 4.72 Å². The smallest absolute Gasteiger partial charge is 0.306 e. The number of hydrogen-bond donors (Lipinski definition) is 2. The zero-order valence-electron chi connectivity index (χ0n) is 13.3. The average Bonchev–Trinajstić information content (AvgIpc) is 2.54. The lowest BCUT2D eigenvalue weighted by atomic mass is 10.1. The number of morpholine rings is 1. The third kappa shape index (κ3) is 4.53. The molecule has 1 aromatic rings. The zero-order chi connectivity index (χ0) is 17.7. The minimum absolute atomic E-state index is 0.0895. The number of carbonyl (C=O) groups is 2. The summed E-state index contributed by atoms with van der Waals surface area (Å²) in [5.74, 6) is -1.26. The van der Waals surface area contributed by atoms with Crippen molar-refractivity contribution in [1.29, 1.82) is 0 Å². The summed E-state index contributed by atoms with van der Waals surface area (Å²) < 4.78 is 31.5. The monoisotopic (exact) mass is 356 g/mol. The van der Waals surface area contributed by atoms with E-state index < -0.39 is 22.1 Å². The Hall–Kier alpha value is -1.97. The average molecular weight is 356 g/mol. The van der Waals surface area contributed by atoms with E-state index in [0.717, 1.165) is 0 Å². The summed E-state index contributed by atoms with van der Waals surface area (Å²) in [7, 11) is -3.56. The van der Waals surface area contributed by atoms with Crippen molar-refractivity contribution in [3.05, 3.63) is 29.8 Å². The van der Waals surface area contributed by atoms with Crippen LogP contribution in [0.25, 0.3) is 0 Å². The number of hydrogen-bond acceptors (Lipinski definition) is 5. The van der Waals surface area contributed by atoms with Crippen LogP contribution in [0.4, 0.5) is 0 Å². The van der Waals surface area contributed by atoms with E-state index >= 15 is 0 Å². The van der Waals surface area contributed by atoms with Gasteiger partial charge >= 0.3 is 5.97 Å². The van der Waals surface area contributed by atoms with Gasteiger partial charge in [0, 0.05) is 25.2 Å². The molecule has 1 amide bonds. The lowest BCUT2D eigenvalue weighted by Gasteiger charge is -2.32. The van der Waals surface area contributed by atoms with Crippen molar-refractivity contribution in [1.82, 2.24) is 9.62 Å². The number of sulfonamides is 1. The van der Waals surface area contributed by atoms with Crippen LogP contribution >= 0.6 is 0 Å². The van der Waals surface area contributed by atoms with Crippen molar-refractivity contribution in [3.8, 4) is 0 Å². The molecule has 2 rings (SSSR count). The fourth-order valence-corrected chi connectivity index (χ4v) is 3.50. The second kappa shape index (κ2) is 7.73. The Morgan fingerprint density at radius 2 is 2.00 bits per heavy atom. The van der Waals surface area contributed by atoms with Gasteiger partial charge < -0.3 is 14.7 Å². The number of ether oxygens (including phenoxy) is 1. The van der Waals surface area contributed by atoms with Crippen molar-refractivity contribution in [3.63, 3.8) is 0 Å². The van der Waals surface area contributed by atoms with Crippen LogP contribution in [0.3, 0.4) is 0 Å². The molecule has 1 atom stereocenters. The molecule has 1 saturated heterocycles. The molecule has 8 nitrogen and oxygen atoms in total. The van der Waals surface area contributed by atoms with E-state index in [1.54, 1.807) is 6.92 Å². The van der Waals surface area contributed by atoms with Crippen molar-refractivity contribution >= 4 is 21.9 Å². The van der Waals surface area contributed by atoms with E-state index in [1.165, 1.54) is 29.2 Å². The second-order valence-corrected chi connectivity index (χ2v) is 7.13. The first-order chi connectivity index (χ1) is 11.3. The lowest BCUT2D eigenvalue weighted by Crippen LogP contribution is -2.46. The highest BCUT2D eigenvalue weighted by molar-refractivity contribution is 7.89. The Bertz CT molecular complexity index is 701. The molecule has 1 heterocycles. The molecule has 2 N–H and O–H groups in total. The molecule has 1 fully saturated rings. The normalized spacial score (nSPS) is 18.4. The maximum Gasteiger partial charge on any atom is 0.306 e. The predicted octanol–water partition coefficient (Wildman–Crippen LogP) is 0.301. The van der Waals surface area contributed by atoms with E-state index in [-0.39, 0.29) is 36.9 Å². The maximum atomic E-state index is 12.5. The molecule has 1 unspecified atom stereocenters. The summed E-state index contributed by atoms with van der Waals surface area (Å²) in [5, 5.41) is 8.81. The number of nitrogens with zero attached hydrogens (tertiary/aromatic N) is 1. The summed E-state index contributed by atoms with van der Waals surface area (Å²) in [4.78, 5) is 24.8. The first kappa shape index (κ1) is 18.4. The highest BCUT2D eigenvalue weighted by Crippen LogP contribution is 2.15. The van der Waals surface area contributed by atoms with Gasteiger partial charge in [-0.25, -0.2) is 13.1 Å². The van der Waals surface area contributed by atoms with Crippen LogP contribution in [0.5, 0.6) is 0 Å². The quantitative estimate of drug-likeness (QED) is 0.758. The van der Waals surface area contributed by atoms with Crippen LogP contribution in [0.2, 0.25) is 0 Å². The first-order valence-corrected chi connectivity index (χ1v) is 9.04. The van der Waals surface area contributed by atoms with E-state index in [1.807, 2.05) is 0 Å². The van der Waals surface area contributed by atoms with Gasteiger partial charge in [-0.2, -0.15) is 0 Å². The Labute approximate surface area is 140 Å². The Balaban J connectivity index is 2.08. The molecular formula is C15H20N2O6S. The van der Waals surface area contributed by atoms with E-state index in [0.29, 0.717) is 12.1 Å². The molecule has 1 aliphatic heterocycles. The minimum Gasteiger partial charge on any atom is -0.481 e. The molecule has 0 saturated carbocycles. The number of carbonyl (C=O) groups excluding carboxylic acids is 1. The van der Waals surface area contributed by atoms with E-state index in [4.69, 9.17) is 9.84 Å². The molecular weight excluding hydrogens is 336 g/mol. The van der Waals surface area contributed by atoms with Crippen molar-refractivity contribution in [2.24, 2.45) is 0 Å². The van der Waals surface area contributed by atoms with Gasteiger partial charge in [0.15, 0.2) is 0 Å². The Kier molecular flexibility index (Phi) is 5.92. The van der Waals surface area contributed by atoms with Crippen LogP contribution in [0, 0.1) is 0 Å². The summed E-state index contributed by atoms with van der Waals surface area (Å²) in [5.41, 5.74) is 0.349. The zero-order valence-corrected chi connectivity index (χ0v) is 14.1. The standard InChI is InChI=1S/C15H20N2O6S/c1-2-16-24(21,22)13-5-3-11(4-6-13)15(20)17-7-8-23-12(10-17)9-14(18)19/h3-6,12,16H,2,7-10H2,1H3,(H,18,19). The minimum atomic E-state index is -3.56. The van der Waals surface area contributed by atoms with Crippen LogP contribution in [-0.2, 0) is 19.6 Å². The Morgan fingerprint density at radius 3 is 2.58 bits per heavy atom. The first-order valence-electron chi connectivity index (χ1n) is 7.56. The number of carboxylic acids is 1. The molecule has 0 aromatic heterocycles. The predicted molar refractivity (Wildman–Crippen MR) is 85.2 cm³/mol. The van der Waals surface area contributed by atoms with Gasteiger partial charge in [0.25, 0.3) is 5.91 Å². The van der Waals surface area contributed by atoms with Crippen molar-refractivity contribution < 1.29 is 27.9 Å². The lowest BCUT2D eigenvalue weighted by molar-refractivity contribution is -0.141. The molecule has 0 bridgehead atoms. The van der Waals surface area contributed by atoms with Crippen LogP contribution in [0.1, 0.15) is 23.7 Å². The number of nitrogens with one attached hydrogen (secondary N) is 1. The third-order valence-electron chi connectivity index (χ3n) is 3.57. The topological polar surface area (TPSA) is 113 Å². The highest BCUT2D eigenvalue weighted by Gasteiger charge is 2.26. The number of amides is 1. The summed E-state index contributed by atoms with van der Waals surface area (Å²) >= 11 is 0. The Morgan fingerprint density at radius 1 is 1.33 bits per heavy atom. The summed E-state index contributed by atoms with van der Waals surface area (Å²) in [6.45, 7) is 2.80. The fraction of sp³-hybridized carbons (Fsp3) is 0.467. The maximum absolute atomic E-state index is 12.5. The molecule has 0 aliphatic carbocycles. The molecule has 132 valence electrons.